The van der Waals surface area contributed by atoms with E-state index in [0.29, 0.717) is 30.6 Å². The number of methoxy groups -OCH3 is 1. The summed E-state index contributed by atoms with van der Waals surface area (Å²) in [6.45, 7) is 0.907. The molecule has 4 rings (SSSR count). The van der Waals surface area contributed by atoms with E-state index in [1.165, 1.54) is 16.2 Å². The first kappa shape index (κ1) is 27.0. The normalized spacial score (nSPS) is 11.6. The second-order valence-corrected chi connectivity index (χ2v) is 9.51. The number of aliphatic carboxylic acids is 1. The van der Waals surface area contributed by atoms with Gasteiger partial charge in [0.1, 0.15) is 6.61 Å². The number of hydrogen-bond acceptors (Lipinski definition) is 7. The van der Waals surface area contributed by atoms with E-state index in [1.807, 2.05) is 72.1 Å². The zero-order chi connectivity index (χ0) is 26.9. The van der Waals surface area contributed by atoms with E-state index in [4.69, 9.17) is 14.5 Å². The lowest BCUT2D eigenvalue weighted by Gasteiger charge is -2.21. The highest BCUT2D eigenvalue weighted by Crippen LogP contribution is 2.35. The minimum absolute atomic E-state index is 0.253. The third-order valence-electron chi connectivity index (χ3n) is 5.99. The predicted octanol–water partition coefficient (Wildman–Crippen LogP) is 5.19. The Kier molecular flexibility index (Phi) is 9.18. The van der Waals surface area contributed by atoms with E-state index in [0.717, 1.165) is 27.9 Å². The minimum atomic E-state index is -1.01. The summed E-state index contributed by atoms with van der Waals surface area (Å²) < 4.78 is 10.6. The summed E-state index contributed by atoms with van der Waals surface area (Å²) >= 11 is 1.34. The number of nitrogens with zero attached hydrogens (tertiary/aromatic N) is 3. The Labute approximate surface area is 225 Å². The van der Waals surface area contributed by atoms with Crippen LogP contribution in [0.1, 0.15) is 12.0 Å². The average molecular weight is 532 g/mol. The number of hydrogen-bond donors (Lipinski definition) is 1. The number of anilines is 1. The number of amides is 1. The molecule has 1 amide bonds. The Hall–Kier alpha value is -4.08. The SMILES string of the molecule is COCCOc1ccc(-c2ccccc2-c2csc(N(C)C(=O)C(CC(=O)O)Cc3ccccc3)n2)cn1. The van der Waals surface area contributed by atoms with Gasteiger partial charge >= 0.3 is 5.97 Å². The molecule has 0 aliphatic rings. The Morgan fingerprint density at radius 3 is 2.42 bits per heavy atom. The van der Waals surface area contributed by atoms with Crippen LogP contribution >= 0.6 is 11.3 Å². The number of benzene rings is 2. The number of carbonyl (C=O) groups is 2. The van der Waals surface area contributed by atoms with Crippen molar-refractivity contribution in [1.82, 2.24) is 9.97 Å². The molecule has 2 aromatic carbocycles. The summed E-state index contributed by atoms with van der Waals surface area (Å²) in [7, 11) is 3.26. The van der Waals surface area contributed by atoms with Gasteiger partial charge in [-0.1, -0.05) is 54.6 Å². The molecule has 0 bridgehead atoms. The largest absolute Gasteiger partial charge is 0.481 e. The van der Waals surface area contributed by atoms with Crippen LogP contribution in [0.25, 0.3) is 22.4 Å². The van der Waals surface area contributed by atoms with E-state index in [-0.39, 0.29) is 12.3 Å². The number of thiazole rings is 1. The first-order valence-electron chi connectivity index (χ1n) is 12.1. The molecule has 1 unspecified atom stereocenters. The van der Waals surface area contributed by atoms with Gasteiger partial charge < -0.3 is 14.6 Å². The van der Waals surface area contributed by atoms with E-state index in [9.17, 15) is 14.7 Å². The van der Waals surface area contributed by atoms with E-state index in [2.05, 4.69) is 4.98 Å². The number of rotatable bonds is 12. The summed E-state index contributed by atoms with van der Waals surface area (Å²) in [5.74, 6) is -1.47. The highest BCUT2D eigenvalue weighted by atomic mass is 32.1. The van der Waals surface area contributed by atoms with Crippen LogP contribution in [0.5, 0.6) is 5.88 Å². The van der Waals surface area contributed by atoms with Gasteiger partial charge in [-0.15, -0.1) is 11.3 Å². The lowest BCUT2D eigenvalue weighted by Crippen LogP contribution is -2.35. The van der Waals surface area contributed by atoms with Crippen molar-refractivity contribution in [3.63, 3.8) is 0 Å². The molecule has 9 heteroatoms. The highest BCUT2D eigenvalue weighted by Gasteiger charge is 2.27. The Morgan fingerprint density at radius 1 is 1.00 bits per heavy atom. The molecule has 0 spiro atoms. The lowest BCUT2D eigenvalue weighted by molar-refractivity contribution is -0.140. The number of pyridine rings is 1. The fourth-order valence-corrected chi connectivity index (χ4v) is 4.87. The minimum Gasteiger partial charge on any atom is -0.481 e. The summed E-state index contributed by atoms with van der Waals surface area (Å²) in [5.41, 5.74) is 4.39. The van der Waals surface area contributed by atoms with Gasteiger partial charge in [0.2, 0.25) is 11.8 Å². The fourth-order valence-electron chi connectivity index (χ4n) is 4.08. The number of carbonyl (C=O) groups excluding carboxylic acids is 1. The molecule has 2 heterocycles. The van der Waals surface area contributed by atoms with Gasteiger partial charge in [0.15, 0.2) is 5.13 Å². The van der Waals surface area contributed by atoms with E-state index < -0.39 is 11.9 Å². The van der Waals surface area contributed by atoms with Crippen molar-refractivity contribution in [2.45, 2.75) is 12.8 Å². The number of carboxylic acids is 1. The predicted molar refractivity (Wildman–Crippen MR) is 147 cm³/mol. The summed E-state index contributed by atoms with van der Waals surface area (Å²) in [6.07, 6.45) is 1.84. The van der Waals surface area contributed by atoms with Crippen LogP contribution in [-0.4, -0.2) is 54.3 Å². The molecule has 38 heavy (non-hydrogen) atoms. The molecular formula is C29H29N3O5S. The molecule has 0 fully saturated rings. The van der Waals surface area contributed by atoms with Crippen LogP contribution in [0.4, 0.5) is 5.13 Å². The molecule has 196 valence electrons. The first-order chi connectivity index (χ1) is 18.5. The summed E-state index contributed by atoms with van der Waals surface area (Å²) in [6, 6.07) is 21.0. The molecule has 1 N–H and O–H groups in total. The quantitative estimate of drug-likeness (QED) is 0.251. The van der Waals surface area contributed by atoms with Crippen LogP contribution < -0.4 is 9.64 Å². The molecular weight excluding hydrogens is 502 g/mol. The Morgan fingerprint density at radius 2 is 1.74 bits per heavy atom. The first-order valence-corrected chi connectivity index (χ1v) is 13.0. The van der Waals surface area contributed by atoms with Gasteiger partial charge in [0.25, 0.3) is 0 Å². The summed E-state index contributed by atoms with van der Waals surface area (Å²) in [5, 5.41) is 11.8. The molecule has 2 aromatic heterocycles. The number of aromatic nitrogens is 2. The average Bonchev–Trinajstić information content (AvgIpc) is 3.43. The van der Waals surface area contributed by atoms with Crippen LogP contribution in [0.3, 0.4) is 0 Å². The maximum atomic E-state index is 13.3. The van der Waals surface area contributed by atoms with Crippen molar-refractivity contribution in [3.8, 4) is 28.3 Å². The fraction of sp³-hybridized carbons (Fsp3) is 0.241. The Balaban J connectivity index is 1.54. The molecule has 0 aliphatic heterocycles. The van der Waals surface area contributed by atoms with E-state index >= 15 is 0 Å². The second-order valence-electron chi connectivity index (χ2n) is 8.67. The number of carboxylic acid groups (broad SMARTS) is 1. The van der Waals surface area contributed by atoms with Crippen molar-refractivity contribution in [2.75, 3.05) is 32.3 Å². The molecule has 4 aromatic rings. The molecule has 0 radical (unpaired) electrons. The van der Waals surface area contributed by atoms with Gasteiger partial charge in [-0.3, -0.25) is 14.5 Å². The summed E-state index contributed by atoms with van der Waals surface area (Å²) in [4.78, 5) is 35.5. The zero-order valence-electron chi connectivity index (χ0n) is 21.2. The van der Waals surface area contributed by atoms with Gasteiger partial charge in [-0.05, 0) is 23.6 Å². The highest BCUT2D eigenvalue weighted by molar-refractivity contribution is 7.14. The Bertz CT molecular complexity index is 1360. The van der Waals surface area contributed by atoms with Gasteiger partial charge in [0, 0.05) is 42.9 Å². The maximum absolute atomic E-state index is 13.3. The standard InChI is InChI=1S/C29H29N3O5S/c1-32(28(35)22(17-27(33)34)16-20-8-4-3-5-9-20)29-31-25(19-38-29)24-11-7-6-10-23(24)21-12-13-26(30-18-21)37-15-14-36-2/h3-13,18-19,22H,14-17H2,1-2H3,(H,33,34). The maximum Gasteiger partial charge on any atom is 0.304 e. The lowest BCUT2D eigenvalue weighted by atomic mass is 9.95. The third-order valence-corrected chi connectivity index (χ3v) is 6.91. The van der Waals surface area contributed by atoms with Gasteiger partial charge in [-0.2, -0.15) is 0 Å². The van der Waals surface area contributed by atoms with Crippen molar-refractivity contribution >= 4 is 28.3 Å². The van der Waals surface area contributed by atoms with Gasteiger partial charge in [0.05, 0.1) is 24.6 Å². The molecule has 0 saturated carbocycles. The smallest absolute Gasteiger partial charge is 0.304 e. The van der Waals surface area contributed by atoms with Crippen molar-refractivity contribution in [1.29, 1.82) is 0 Å². The topological polar surface area (TPSA) is 102 Å². The van der Waals surface area contributed by atoms with Gasteiger partial charge in [-0.25, -0.2) is 9.97 Å². The van der Waals surface area contributed by atoms with Crippen molar-refractivity contribution in [3.05, 3.63) is 83.9 Å². The van der Waals surface area contributed by atoms with Crippen LogP contribution in [0.2, 0.25) is 0 Å². The van der Waals surface area contributed by atoms with Crippen molar-refractivity contribution in [2.24, 2.45) is 5.92 Å². The molecule has 0 aliphatic carbocycles. The third kappa shape index (κ3) is 6.81. The van der Waals surface area contributed by atoms with Crippen molar-refractivity contribution < 1.29 is 24.2 Å². The van der Waals surface area contributed by atoms with Crippen LogP contribution in [-0.2, 0) is 20.7 Å². The molecule has 8 nitrogen and oxygen atoms in total. The monoisotopic (exact) mass is 531 g/mol. The van der Waals surface area contributed by atoms with Crippen LogP contribution in [0, 0.1) is 5.92 Å². The molecule has 0 saturated heterocycles. The van der Waals surface area contributed by atoms with E-state index in [1.54, 1.807) is 20.4 Å². The number of ether oxygens (including phenoxy) is 2. The second kappa shape index (κ2) is 12.9. The zero-order valence-corrected chi connectivity index (χ0v) is 22.1. The van der Waals surface area contributed by atoms with Crippen LogP contribution in [0.15, 0.2) is 78.3 Å². The molecule has 1 atom stereocenters.